The normalized spacial score (nSPS) is 17.3. The zero-order valence-corrected chi connectivity index (χ0v) is 56.3. The van der Waals surface area contributed by atoms with Gasteiger partial charge in [0.25, 0.3) is 6.71 Å². The van der Waals surface area contributed by atoms with Gasteiger partial charge in [0.1, 0.15) is 0 Å². The molecule has 0 fully saturated rings. The van der Waals surface area contributed by atoms with E-state index in [1.54, 1.807) is 32.7 Å². The van der Waals surface area contributed by atoms with E-state index in [1.807, 2.05) is 0 Å². The predicted octanol–water partition coefficient (Wildman–Crippen LogP) is 11.4. The summed E-state index contributed by atoms with van der Waals surface area (Å²) in [6.07, 6.45) is 3.58. The first kappa shape index (κ1) is 53.2. The molecule has 440 valence electrons. The highest BCUT2D eigenvalue weighted by Crippen LogP contribution is 2.59. The van der Waals surface area contributed by atoms with Crippen LogP contribution in [0, 0.1) is 0 Å². The first-order valence-corrected chi connectivity index (χ1v) is 34.2. The number of fused-ring (bicyclic) bond motifs is 18. The predicted molar refractivity (Wildman–Crippen MR) is 396 cm³/mol. The molecule has 10 aromatic rings. The average molecular weight is 1170 g/mol. The van der Waals surface area contributed by atoms with Gasteiger partial charge in [-0.05, 0) is 162 Å². The van der Waals surface area contributed by atoms with Crippen molar-refractivity contribution in [2.75, 3.05) is 50.3 Å². The lowest BCUT2D eigenvalue weighted by molar-refractivity contribution is 0.590. The Morgan fingerprint density at radius 3 is 0.744 bits per heavy atom. The van der Waals surface area contributed by atoms with Crippen LogP contribution in [0.25, 0.3) is 32.3 Å². The summed E-state index contributed by atoms with van der Waals surface area (Å²) in [6.45, 7) is 44.1. The lowest BCUT2D eigenvalue weighted by Crippen LogP contribution is -2.72. The van der Waals surface area contributed by atoms with Crippen LogP contribution in [-0.4, -0.2) is 59.3 Å². The second kappa shape index (κ2) is 15.9. The molecule has 10 heteroatoms. The fraction of sp³-hybridized carbons (Fsp3) is 0.350. The molecule has 5 nitrogen and oxygen atoms in total. The summed E-state index contributed by atoms with van der Waals surface area (Å²) in [5, 5.41) is 9.22. The van der Waals surface area contributed by atoms with E-state index in [9.17, 15) is 0 Å². The van der Waals surface area contributed by atoms with E-state index in [0.717, 1.165) is 25.8 Å². The molecule has 20 rings (SSSR count). The molecule has 0 radical (unpaired) electrons. The molecule has 10 aromatic carbocycles. The van der Waals surface area contributed by atoms with Crippen LogP contribution in [-0.2, 0) is 32.5 Å². The molecule has 0 saturated heterocycles. The van der Waals surface area contributed by atoms with Crippen LogP contribution >= 0.6 is 0 Å². The fourth-order valence-corrected chi connectivity index (χ4v) is 19.8. The van der Waals surface area contributed by atoms with E-state index in [4.69, 9.17) is 0 Å². The van der Waals surface area contributed by atoms with Crippen molar-refractivity contribution in [1.82, 2.24) is 0 Å². The van der Waals surface area contributed by atoms with Gasteiger partial charge in [-0.3, -0.25) is 0 Å². The van der Waals surface area contributed by atoms with Gasteiger partial charge in [-0.2, -0.15) is 0 Å². The summed E-state index contributed by atoms with van der Waals surface area (Å²) >= 11 is 0. The number of hydrogen-bond acceptors (Lipinski definition) is 5. The lowest BCUT2D eigenvalue weighted by atomic mass is 9.27. The number of rotatable bonds is 0. The molecule has 90 heavy (non-hydrogen) atoms. The average Bonchev–Trinajstić information content (AvgIpc) is 0.632. The molecule has 0 aromatic heterocycles. The van der Waals surface area contributed by atoms with Gasteiger partial charge >= 0.3 is 0 Å². The van der Waals surface area contributed by atoms with Crippen LogP contribution < -0.4 is 84.6 Å². The Bertz CT molecular complexity index is 4800. The minimum absolute atomic E-state index is 0.0258. The van der Waals surface area contributed by atoms with Crippen molar-refractivity contribution in [3.63, 3.8) is 0 Å². The Morgan fingerprint density at radius 2 is 0.467 bits per heavy atom. The summed E-state index contributed by atoms with van der Waals surface area (Å²) in [4.78, 5) is 14.5. The molecule has 10 aliphatic rings. The van der Waals surface area contributed by atoms with Gasteiger partial charge in [-0.25, -0.2) is 0 Å². The van der Waals surface area contributed by atoms with Gasteiger partial charge in [-0.15, -0.1) is 0 Å². The van der Waals surface area contributed by atoms with Gasteiger partial charge in [0.05, 0.1) is 0 Å². The third kappa shape index (κ3) is 6.21. The second-order valence-electron chi connectivity index (χ2n) is 35.6. The highest BCUT2D eigenvalue weighted by Gasteiger charge is 2.59. The van der Waals surface area contributed by atoms with Crippen LogP contribution in [0.15, 0.2) is 109 Å². The zero-order valence-electron chi connectivity index (χ0n) is 56.3. The van der Waals surface area contributed by atoms with E-state index >= 15 is 0 Å². The molecule has 0 atom stereocenters. The Balaban J connectivity index is 1.05. The molecule has 0 amide bonds. The van der Waals surface area contributed by atoms with Crippen LogP contribution in [0.1, 0.15) is 158 Å². The summed E-state index contributed by atoms with van der Waals surface area (Å²) in [5.74, 6) is 0. The zero-order chi connectivity index (χ0) is 62.0. The maximum atomic E-state index is 2.93. The van der Waals surface area contributed by atoms with Gasteiger partial charge < -0.3 is 24.5 Å². The van der Waals surface area contributed by atoms with E-state index in [1.165, 1.54) is 156 Å². The number of hydrogen-bond donors (Lipinski definition) is 0. The summed E-state index contributed by atoms with van der Waals surface area (Å²) in [7, 11) is 0. The third-order valence-corrected chi connectivity index (χ3v) is 24.4. The smallest absolute Gasteiger partial charge is 0.252 e. The Labute approximate surface area is 535 Å². The van der Waals surface area contributed by atoms with Crippen molar-refractivity contribution in [3.05, 3.63) is 143 Å². The van der Waals surface area contributed by atoms with Gasteiger partial charge in [-0.1, -0.05) is 197 Å². The maximum Gasteiger partial charge on any atom is 0.252 e. The van der Waals surface area contributed by atoms with Crippen molar-refractivity contribution in [3.8, 4) is 0 Å². The van der Waals surface area contributed by atoms with Crippen molar-refractivity contribution in [2.24, 2.45) is 0 Å². The first-order valence-electron chi connectivity index (χ1n) is 34.2. The summed E-state index contributed by atoms with van der Waals surface area (Å²) in [6, 6.07) is 46.4. The van der Waals surface area contributed by atoms with Crippen LogP contribution in [0.4, 0.5) is 62.6 Å². The maximum absolute atomic E-state index is 2.93. The van der Waals surface area contributed by atoms with Gasteiger partial charge in [0, 0.05) is 121 Å². The van der Waals surface area contributed by atoms with Crippen molar-refractivity contribution in [2.45, 2.75) is 157 Å². The summed E-state index contributed by atoms with van der Waals surface area (Å²) < 4.78 is 0. The van der Waals surface area contributed by atoms with E-state index in [2.05, 4.69) is 258 Å². The topological polar surface area (TPSA) is 16.2 Å². The minimum atomic E-state index is -0.0299. The molecule has 0 N–H and O–H groups in total. The van der Waals surface area contributed by atoms with E-state index < -0.39 is 0 Å². The van der Waals surface area contributed by atoms with Crippen molar-refractivity contribution < 1.29 is 0 Å². The number of anilines is 11. The highest BCUT2D eigenvalue weighted by molar-refractivity contribution is 7.04. The SMILES string of the molecule is CC(C)(C)c1ccc2c(c1)B1c3cc(C(C)(C)C)ccc3N3CB4c5cc(C(C)(C)C)ccc5N5CB6c7cc(C(C)(C)C)ccc7N7c8ccc(C(C)(C)C)cc8B8CN9c%10ccc(C(C)(C)C)cc%10B%10CN2c2c1c3c1c4c5c3c6c7c8c4c9c%10c2c1c43. The molecular weight excluding hydrogens is 1080 g/mol. The molecule has 0 aliphatic carbocycles. The summed E-state index contributed by atoms with van der Waals surface area (Å²) in [5.41, 5.74) is 40.9. The monoisotopic (exact) mass is 1170 g/mol. The van der Waals surface area contributed by atoms with Gasteiger partial charge in [0.2, 0.25) is 26.9 Å². The number of nitrogens with zero attached hydrogens (tertiary/aromatic N) is 5. The largest absolute Gasteiger partial charge is 0.349 e. The van der Waals surface area contributed by atoms with Crippen LogP contribution in [0.2, 0.25) is 0 Å². The highest BCUT2D eigenvalue weighted by atomic mass is 15.2. The molecule has 0 unspecified atom stereocenters. The quantitative estimate of drug-likeness (QED) is 0.111. The third-order valence-electron chi connectivity index (χ3n) is 24.4. The lowest BCUT2D eigenvalue weighted by Gasteiger charge is -2.56. The van der Waals surface area contributed by atoms with Crippen molar-refractivity contribution in [1.29, 1.82) is 0 Å². The molecule has 10 aliphatic heterocycles. The van der Waals surface area contributed by atoms with E-state index in [0.29, 0.717) is 0 Å². The second-order valence-corrected chi connectivity index (χ2v) is 35.6. The standard InChI is InChI=1S/C80H80B5N5/c1-75(2,3)41-19-25-53-47(31-41)81-37-88-55-27-21-45(79(13,14)15)35-51(55)85-52-36-46(80(16,17)18)22-28-56(52)89-38-82-48-32-42(76(4,5)6)20-26-54(48)87-40-84-50-34-44(78(10,11)12)24-30-58(50)90-57-29-23-43(77(7,8)9)33-49(57)83-39-86(53)70-63-60-59-61(65(70)81)72(88)69(85)73(89)62(59)66(82)71(87)64(60)68(84)74(90)67(63)83/h19-36H,37-40H2,1-18H3. The van der Waals surface area contributed by atoms with Gasteiger partial charge in [0.15, 0.2) is 0 Å². The molecule has 0 saturated carbocycles. The molecule has 0 bridgehead atoms. The van der Waals surface area contributed by atoms with Crippen LogP contribution in [0.5, 0.6) is 0 Å². The van der Waals surface area contributed by atoms with E-state index in [-0.39, 0.29) is 66.1 Å². The fourth-order valence-electron chi connectivity index (χ4n) is 19.8. The Hall–Kier alpha value is -7.44. The minimum Gasteiger partial charge on any atom is -0.349 e. The molecular formula is C80H80B5N5. The van der Waals surface area contributed by atoms with Crippen LogP contribution in [0.3, 0.4) is 0 Å². The Morgan fingerprint density at radius 1 is 0.244 bits per heavy atom. The molecule has 0 spiro atoms. The number of benzene rings is 10. The molecule has 10 heterocycles. The van der Waals surface area contributed by atoms with Crippen molar-refractivity contribution >= 4 is 189 Å². The first-order chi connectivity index (χ1) is 42.5. The Kier molecular flexibility index (Phi) is 9.40.